The number of nitrogens with zero attached hydrogens (tertiary/aromatic N) is 2. The van der Waals surface area contributed by atoms with Gasteiger partial charge >= 0.3 is 0 Å². The highest BCUT2D eigenvalue weighted by Crippen LogP contribution is 2.07. The monoisotopic (exact) mass is 243 g/mol. The van der Waals surface area contributed by atoms with Crippen LogP contribution in [0.2, 0.25) is 0 Å². The summed E-state index contributed by atoms with van der Waals surface area (Å²) in [5, 5.41) is 12.2. The molecule has 0 spiro atoms. The van der Waals surface area contributed by atoms with E-state index in [0.29, 0.717) is 0 Å². The maximum Gasteiger partial charge on any atom is 0.0868 e. The van der Waals surface area contributed by atoms with Crippen LogP contribution in [0.15, 0.2) is 29.7 Å². The number of nitrogens with two attached hydrogens (primary N) is 1. The second kappa shape index (κ2) is 9.12. The number of rotatable bonds is 6. The molecule has 90 valence electrons. The Morgan fingerprint density at radius 2 is 1.94 bits per heavy atom. The molecule has 0 aromatic carbocycles. The van der Waals surface area contributed by atoms with Crippen LogP contribution in [0.4, 0.5) is 0 Å². The van der Waals surface area contributed by atoms with E-state index < -0.39 is 0 Å². The lowest BCUT2D eigenvalue weighted by Gasteiger charge is -2.03. The normalized spacial score (nSPS) is 10.9. The van der Waals surface area contributed by atoms with Crippen molar-refractivity contribution in [3.8, 4) is 0 Å². The van der Waals surface area contributed by atoms with Gasteiger partial charge in [-0.15, -0.1) is 12.4 Å². The summed E-state index contributed by atoms with van der Waals surface area (Å²) in [5.74, 6) is 0. The molecule has 16 heavy (non-hydrogen) atoms. The van der Waals surface area contributed by atoms with E-state index >= 15 is 0 Å². The fraction of sp³-hybridized carbons (Fsp3) is 0.455. The second-order valence-electron chi connectivity index (χ2n) is 3.38. The molecular weight excluding hydrogens is 226 g/mol. The number of hydrogen-bond donors (Lipinski definition) is 2. The number of pyridine rings is 1. The van der Waals surface area contributed by atoms with Gasteiger partial charge in [0.2, 0.25) is 0 Å². The molecule has 0 atom stereocenters. The molecule has 0 aliphatic rings. The van der Waals surface area contributed by atoms with Crippen molar-refractivity contribution in [1.82, 2.24) is 4.98 Å². The van der Waals surface area contributed by atoms with Gasteiger partial charge in [-0.05, 0) is 37.9 Å². The summed E-state index contributed by atoms with van der Waals surface area (Å²) in [6.45, 7) is 0.723. The molecule has 5 heteroatoms. The summed E-state index contributed by atoms with van der Waals surface area (Å²) in [7, 11) is 0. The Morgan fingerprint density at radius 1 is 1.25 bits per heavy atom. The molecule has 1 rings (SSSR count). The SMILES string of the molecule is Cl.NCCCCCC(=NO)c1ccncc1. The first-order chi connectivity index (χ1) is 7.38. The molecule has 0 aliphatic carbocycles. The van der Waals surface area contributed by atoms with E-state index in [-0.39, 0.29) is 12.4 Å². The Hall–Kier alpha value is -1.13. The van der Waals surface area contributed by atoms with Crippen LogP contribution >= 0.6 is 12.4 Å². The van der Waals surface area contributed by atoms with E-state index in [4.69, 9.17) is 10.9 Å². The van der Waals surface area contributed by atoms with Crippen LogP contribution in [-0.2, 0) is 0 Å². The number of oxime groups is 1. The Morgan fingerprint density at radius 3 is 2.50 bits per heavy atom. The fourth-order valence-corrected chi connectivity index (χ4v) is 1.41. The van der Waals surface area contributed by atoms with Crippen molar-refractivity contribution in [2.24, 2.45) is 10.9 Å². The largest absolute Gasteiger partial charge is 0.411 e. The van der Waals surface area contributed by atoms with Gasteiger partial charge in [-0.3, -0.25) is 4.98 Å². The molecular formula is C11H18ClN3O. The maximum atomic E-state index is 8.88. The first kappa shape index (κ1) is 14.9. The van der Waals surface area contributed by atoms with E-state index in [1.165, 1.54) is 0 Å². The third-order valence-corrected chi connectivity index (χ3v) is 2.25. The van der Waals surface area contributed by atoms with Gasteiger partial charge in [0.05, 0.1) is 5.71 Å². The minimum absolute atomic E-state index is 0. The van der Waals surface area contributed by atoms with Gasteiger partial charge in [-0.2, -0.15) is 0 Å². The van der Waals surface area contributed by atoms with E-state index in [0.717, 1.165) is 43.5 Å². The molecule has 1 heterocycles. The molecule has 0 saturated carbocycles. The predicted octanol–water partition coefficient (Wildman–Crippen LogP) is 2.20. The zero-order chi connectivity index (χ0) is 10.9. The Bertz CT molecular complexity index is 303. The van der Waals surface area contributed by atoms with Crippen molar-refractivity contribution < 1.29 is 5.21 Å². The first-order valence-electron chi connectivity index (χ1n) is 5.20. The maximum absolute atomic E-state index is 8.88. The van der Waals surface area contributed by atoms with Crippen LogP contribution in [0.3, 0.4) is 0 Å². The predicted molar refractivity (Wildman–Crippen MR) is 67.3 cm³/mol. The Balaban J connectivity index is 0.00000225. The van der Waals surface area contributed by atoms with Gasteiger partial charge in [0, 0.05) is 18.0 Å². The minimum Gasteiger partial charge on any atom is -0.411 e. The second-order valence-corrected chi connectivity index (χ2v) is 3.38. The van der Waals surface area contributed by atoms with Gasteiger partial charge in [0.1, 0.15) is 0 Å². The van der Waals surface area contributed by atoms with Crippen molar-refractivity contribution in [2.45, 2.75) is 25.7 Å². The molecule has 0 fully saturated rings. The molecule has 1 aromatic heterocycles. The van der Waals surface area contributed by atoms with Crippen molar-refractivity contribution in [3.05, 3.63) is 30.1 Å². The average molecular weight is 244 g/mol. The van der Waals surface area contributed by atoms with E-state index in [1.54, 1.807) is 12.4 Å². The van der Waals surface area contributed by atoms with Crippen LogP contribution in [0.1, 0.15) is 31.2 Å². The fourth-order valence-electron chi connectivity index (χ4n) is 1.41. The molecule has 4 nitrogen and oxygen atoms in total. The number of hydrogen-bond acceptors (Lipinski definition) is 4. The van der Waals surface area contributed by atoms with Crippen molar-refractivity contribution in [1.29, 1.82) is 0 Å². The van der Waals surface area contributed by atoms with Crippen LogP contribution < -0.4 is 5.73 Å². The summed E-state index contributed by atoms with van der Waals surface area (Å²) in [6.07, 6.45) is 7.26. The highest BCUT2D eigenvalue weighted by Gasteiger charge is 2.03. The van der Waals surface area contributed by atoms with Gasteiger partial charge in [-0.25, -0.2) is 0 Å². The number of halogens is 1. The number of aromatic nitrogens is 1. The van der Waals surface area contributed by atoms with Gasteiger partial charge in [-0.1, -0.05) is 11.6 Å². The summed E-state index contributed by atoms with van der Waals surface area (Å²) < 4.78 is 0. The zero-order valence-corrected chi connectivity index (χ0v) is 9.99. The zero-order valence-electron chi connectivity index (χ0n) is 9.17. The van der Waals surface area contributed by atoms with Crippen molar-refractivity contribution in [2.75, 3.05) is 6.54 Å². The average Bonchev–Trinajstić information content (AvgIpc) is 2.30. The van der Waals surface area contributed by atoms with Crippen molar-refractivity contribution >= 4 is 18.1 Å². The van der Waals surface area contributed by atoms with E-state index in [1.807, 2.05) is 12.1 Å². The topological polar surface area (TPSA) is 71.5 Å². The third kappa shape index (κ3) is 5.09. The summed E-state index contributed by atoms with van der Waals surface area (Å²) in [4.78, 5) is 3.92. The smallest absolute Gasteiger partial charge is 0.0868 e. The molecule has 0 bridgehead atoms. The van der Waals surface area contributed by atoms with Gasteiger partial charge < -0.3 is 10.9 Å². The molecule has 0 unspecified atom stereocenters. The highest BCUT2D eigenvalue weighted by molar-refractivity contribution is 5.99. The third-order valence-electron chi connectivity index (χ3n) is 2.25. The molecule has 0 amide bonds. The lowest BCUT2D eigenvalue weighted by atomic mass is 10.1. The lowest BCUT2D eigenvalue weighted by Crippen LogP contribution is -2.02. The molecule has 0 saturated heterocycles. The molecule has 0 aliphatic heterocycles. The number of unbranched alkanes of at least 4 members (excludes halogenated alkanes) is 2. The molecule has 3 N–H and O–H groups in total. The van der Waals surface area contributed by atoms with Crippen LogP contribution in [0, 0.1) is 0 Å². The van der Waals surface area contributed by atoms with E-state index in [2.05, 4.69) is 10.1 Å². The summed E-state index contributed by atoms with van der Waals surface area (Å²) in [6, 6.07) is 3.69. The first-order valence-corrected chi connectivity index (χ1v) is 5.20. The quantitative estimate of drug-likeness (QED) is 0.348. The van der Waals surface area contributed by atoms with Gasteiger partial charge in [0.25, 0.3) is 0 Å². The summed E-state index contributed by atoms with van der Waals surface area (Å²) >= 11 is 0. The molecule has 0 radical (unpaired) electrons. The minimum atomic E-state index is 0. The Labute approximate surface area is 102 Å². The van der Waals surface area contributed by atoms with Crippen molar-refractivity contribution in [3.63, 3.8) is 0 Å². The highest BCUT2D eigenvalue weighted by atomic mass is 35.5. The van der Waals surface area contributed by atoms with Crippen LogP contribution in [0.5, 0.6) is 0 Å². The lowest BCUT2D eigenvalue weighted by molar-refractivity contribution is 0.317. The summed E-state index contributed by atoms with van der Waals surface area (Å²) in [5.41, 5.74) is 7.05. The van der Waals surface area contributed by atoms with E-state index in [9.17, 15) is 0 Å². The standard InChI is InChI=1S/C11H17N3O.ClH/c12-7-3-1-2-4-11(14-15)10-5-8-13-9-6-10;/h5-6,8-9,15H,1-4,7,12H2;1H. The molecule has 1 aromatic rings. The van der Waals surface area contributed by atoms with Crippen LogP contribution in [-0.4, -0.2) is 22.4 Å². The Kier molecular flexibility index (Phi) is 8.48. The van der Waals surface area contributed by atoms with Crippen LogP contribution in [0.25, 0.3) is 0 Å². The van der Waals surface area contributed by atoms with Gasteiger partial charge in [0.15, 0.2) is 0 Å².